The zero-order valence-electron chi connectivity index (χ0n) is 9.96. The summed E-state index contributed by atoms with van der Waals surface area (Å²) >= 11 is 3.39. The molecule has 2 rings (SSSR count). The summed E-state index contributed by atoms with van der Waals surface area (Å²) in [5, 5.41) is 14.3. The lowest BCUT2D eigenvalue weighted by atomic mass is 10.3. The molecule has 1 atom stereocenters. The zero-order valence-corrected chi connectivity index (χ0v) is 11.6. The third kappa shape index (κ3) is 3.13. The van der Waals surface area contributed by atoms with Gasteiger partial charge in [0.15, 0.2) is 0 Å². The molecule has 0 saturated carbocycles. The van der Waals surface area contributed by atoms with E-state index >= 15 is 0 Å². The Morgan fingerprint density at radius 2 is 2.29 bits per heavy atom. The summed E-state index contributed by atoms with van der Waals surface area (Å²) in [5.41, 5.74) is 1.07. The Balaban J connectivity index is 2.04. The molecule has 1 unspecified atom stereocenters. The van der Waals surface area contributed by atoms with Crippen molar-refractivity contribution in [2.45, 2.75) is 19.5 Å². The highest BCUT2D eigenvalue weighted by Crippen LogP contribution is 2.28. The van der Waals surface area contributed by atoms with Crippen LogP contribution >= 0.6 is 22.7 Å². The molecule has 2 aromatic rings. The predicted octanol–water partition coefficient (Wildman–Crippen LogP) is 2.68. The van der Waals surface area contributed by atoms with E-state index in [1.165, 1.54) is 4.88 Å². The van der Waals surface area contributed by atoms with Crippen molar-refractivity contribution in [3.63, 3.8) is 0 Å². The summed E-state index contributed by atoms with van der Waals surface area (Å²) in [6.07, 6.45) is 0. The first-order valence-electron chi connectivity index (χ1n) is 5.50. The Hall–Kier alpha value is -0.750. The Bertz CT molecular complexity index is 453. The number of thiazole rings is 1. The standard InChI is InChI=1S/C12H16N2OS2/c1-9(7-15)14(2)6-10-8-17-12(13-10)11-4-3-5-16-11/h3-5,8-9,15H,6-7H2,1-2H3. The molecule has 0 aromatic carbocycles. The maximum atomic E-state index is 9.08. The van der Waals surface area contributed by atoms with Gasteiger partial charge in [0.05, 0.1) is 17.2 Å². The van der Waals surface area contributed by atoms with Crippen molar-refractivity contribution in [2.75, 3.05) is 13.7 Å². The zero-order chi connectivity index (χ0) is 12.3. The molecule has 0 fully saturated rings. The summed E-state index contributed by atoms with van der Waals surface area (Å²) in [5.74, 6) is 0. The van der Waals surface area contributed by atoms with Crippen LogP contribution in [0.25, 0.3) is 9.88 Å². The highest BCUT2D eigenvalue weighted by Gasteiger charge is 2.11. The summed E-state index contributed by atoms with van der Waals surface area (Å²) < 4.78 is 0. The van der Waals surface area contributed by atoms with Crippen LogP contribution in [0, 0.1) is 0 Å². The van der Waals surface area contributed by atoms with Gasteiger partial charge in [-0.15, -0.1) is 22.7 Å². The van der Waals surface area contributed by atoms with Crippen molar-refractivity contribution in [1.82, 2.24) is 9.88 Å². The topological polar surface area (TPSA) is 36.4 Å². The molecule has 5 heteroatoms. The van der Waals surface area contributed by atoms with Crippen LogP contribution in [0.4, 0.5) is 0 Å². The third-order valence-corrected chi connectivity index (χ3v) is 4.64. The number of aromatic nitrogens is 1. The smallest absolute Gasteiger partial charge is 0.133 e. The number of aliphatic hydroxyl groups excluding tert-OH is 1. The lowest BCUT2D eigenvalue weighted by Gasteiger charge is -2.21. The molecule has 2 heterocycles. The molecule has 0 aliphatic rings. The van der Waals surface area contributed by atoms with Gasteiger partial charge in [0.2, 0.25) is 0 Å². The number of hydrogen-bond acceptors (Lipinski definition) is 5. The first-order chi connectivity index (χ1) is 8.20. The number of likely N-dealkylation sites (N-methyl/N-ethyl adjacent to an activating group) is 1. The van der Waals surface area contributed by atoms with Gasteiger partial charge in [0, 0.05) is 18.0 Å². The number of aliphatic hydroxyl groups is 1. The lowest BCUT2D eigenvalue weighted by molar-refractivity contribution is 0.153. The van der Waals surface area contributed by atoms with Crippen molar-refractivity contribution in [1.29, 1.82) is 0 Å². The highest BCUT2D eigenvalue weighted by atomic mass is 32.1. The molecule has 17 heavy (non-hydrogen) atoms. The molecule has 0 aliphatic heterocycles. The van der Waals surface area contributed by atoms with Crippen molar-refractivity contribution >= 4 is 22.7 Å². The number of nitrogens with zero attached hydrogens (tertiary/aromatic N) is 2. The Morgan fingerprint density at radius 3 is 2.94 bits per heavy atom. The fraction of sp³-hybridized carbons (Fsp3) is 0.417. The van der Waals surface area contributed by atoms with Gasteiger partial charge in [-0.25, -0.2) is 4.98 Å². The van der Waals surface area contributed by atoms with Gasteiger partial charge < -0.3 is 5.11 Å². The molecule has 92 valence electrons. The van der Waals surface area contributed by atoms with Gasteiger partial charge in [0.25, 0.3) is 0 Å². The fourth-order valence-corrected chi connectivity index (χ4v) is 3.07. The Labute approximate surface area is 109 Å². The summed E-state index contributed by atoms with van der Waals surface area (Å²) in [6, 6.07) is 4.30. The summed E-state index contributed by atoms with van der Waals surface area (Å²) in [4.78, 5) is 7.94. The number of rotatable bonds is 5. The van der Waals surface area contributed by atoms with Gasteiger partial charge >= 0.3 is 0 Å². The van der Waals surface area contributed by atoms with Gasteiger partial charge in [-0.3, -0.25) is 4.90 Å². The minimum atomic E-state index is 0.168. The van der Waals surface area contributed by atoms with E-state index in [-0.39, 0.29) is 12.6 Å². The molecule has 2 aromatic heterocycles. The normalized spacial score (nSPS) is 13.2. The van der Waals surface area contributed by atoms with Gasteiger partial charge in [-0.2, -0.15) is 0 Å². The van der Waals surface area contributed by atoms with E-state index in [2.05, 4.69) is 26.7 Å². The van der Waals surface area contributed by atoms with Gasteiger partial charge in [-0.05, 0) is 25.4 Å². The second-order valence-corrected chi connectivity index (χ2v) is 5.87. The quantitative estimate of drug-likeness (QED) is 0.905. The van der Waals surface area contributed by atoms with Crippen LogP contribution in [0.3, 0.4) is 0 Å². The average molecular weight is 268 g/mol. The molecule has 3 nitrogen and oxygen atoms in total. The molecule has 0 spiro atoms. The Morgan fingerprint density at radius 1 is 1.47 bits per heavy atom. The molecule has 0 bridgehead atoms. The number of thiophene rings is 1. The van der Waals surface area contributed by atoms with Crippen molar-refractivity contribution in [2.24, 2.45) is 0 Å². The van der Waals surface area contributed by atoms with Crippen LogP contribution in [0.2, 0.25) is 0 Å². The van der Waals surface area contributed by atoms with Crippen LogP contribution in [-0.2, 0) is 6.54 Å². The molecule has 0 aliphatic carbocycles. The first kappa shape index (κ1) is 12.7. The van der Waals surface area contributed by atoms with Crippen molar-refractivity contribution in [3.05, 3.63) is 28.6 Å². The van der Waals surface area contributed by atoms with E-state index < -0.39 is 0 Å². The monoisotopic (exact) mass is 268 g/mol. The molecule has 0 radical (unpaired) electrons. The largest absolute Gasteiger partial charge is 0.395 e. The third-order valence-electron chi connectivity index (χ3n) is 2.71. The lowest BCUT2D eigenvalue weighted by Crippen LogP contribution is -2.31. The maximum absolute atomic E-state index is 9.08. The Kier molecular flexibility index (Phi) is 4.28. The highest BCUT2D eigenvalue weighted by molar-refractivity contribution is 7.20. The summed E-state index contributed by atoms with van der Waals surface area (Å²) in [7, 11) is 2.01. The van der Waals surface area contributed by atoms with Crippen LogP contribution in [-0.4, -0.2) is 34.7 Å². The van der Waals surface area contributed by atoms with Crippen LogP contribution in [0.15, 0.2) is 22.9 Å². The minimum Gasteiger partial charge on any atom is -0.395 e. The molecule has 1 N–H and O–H groups in total. The van der Waals surface area contributed by atoms with Gasteiger partial charge in [-0.1, -0.05) is 6.07 Å². The minimum absolute atomic E-state index is 0.168. The van der Waals surface area contributed by atoms with Crippen molar-refractivity contribution < 1.29 is 5.11 Å². The van der Waals surface area contributed by atoms with E-state index in [9.17, 15) is 0 Å². The molecule has 0 amide bonds. The first-order valence-corrected chi connectivity index (χ1v) is 7.26. The van der Waals surface area contributed by atoms with E-state index in [1.807, 2.05) is 20.0 Å². The van der Waals surface area contributed by atoms with Crippen LogP contribution in [0.1, 0.15) is 12.6 Å². The van der Waals surface area contributed by atoms with Crippen LogP contribution in [0.5, 0.6) is 0 Å². The SMILES string of the molecule is CC(CO)N(C)Cc1csc(-c2cccs2)n1. The van der Waals surface area contributed by atoms with E-state index in [1.54, 1.807) is 22.7 Å². The van der Waals surface area contributed by atoms with E-state index in [0.29, 0.717) is 0 Å². The molecular weight excluding hydrogens is 252 g/mol. The van der Waals surface area contributed by atoms with E-state index in [0.717, 1.165) is 17.2 Å². The van der Waals surface area contributed by atoms with Crippen LogP contribution < -0.4 is 0 Å². The predicted molar refractivity (Wildman–Crippen MR) is 73.4 cm³/mol. The van der Waals surface area contributed by atoms with Gasteiger partial charge in [0.1, 0.15) is 5.01 Å². The molecular formula is C12H16N2OS2. The number of hydrogen-bond donors (Lipinski definition) is 1. The second kappa shape index (κ2) is 5.73. The van der Waals surface area contributed by atoms with E-state index in [4.69, 9.17) is 5.11 Å². The maximum Gasteiger partial charge on any atom is 0.133 e. The second-order valence-electron chi connectivity index (χ2n) is 4.07. The fourth-order valence-electron chi connectivity index (χ4n) is 1.44. The average Bonchev–Trinajstić information content (AvgIpc) is 2.97. The van der Waals surface area contributed by atoms with Crippen molar-refractivity contribution in [3.8, 4) is 9.88 Å². The summed E-state index contributed by atoms with van der Waals surface area (Å²) in [6.45, 7) is 2.97. The molecule has 0 saturated heterocycles.